The first-order chi connectivity index (χ1) is 22.8. The van der Waals surface area contributed by atoms with Gasteiger partial charge in [-0.1, -0.05) is 115 Å². The first-order valence-electron chi connectivity index (χ1n) is 15.8. The molecule has 0 fully saturated rings. The number of hydrogen-bond donors (Lipinski definition) is 0. The summed E-state index contributed by atoms with van der Waals surface area (Å²) in [6.45, 7) is 0. The monoisotopic (exact) mass is 585 g/mol. The number of benzene rings is 8. The largest absolute Gasteiger partial charge is 0.456 e. The molecule has 2 heteroatoms. The van der Waals surface area contributed by atoms with Crippen molar-refractivity contribution in [2.45, 2.75) is 0 Å². The second kappa shape index (κ2) is 9.69. The lowest BCUT2D eigenvalue weighted by Gasteiger charge is -2.22. The molecule has 9 aromatic rings. The Morgan fingerprint density at radius 1 is 0.370 bits per heavy atom. The van der Waals surface area contributed by atoms with Crippen molar-refractivity contribution in [1.29, 1.82) is 0 Å². The van der Waals surface area contributed by atoms with Crippen molar-refractivity contribution >= 4 is 43.4 Å². The van der Waals surface area contributed by atoms with Gasteiger partial charge in [0, 0.05) is 27.4 Å². The Bertz CT molecular complexity index is 2660. The third kappa shape index (κ3) is 3.65. The van der Waals surface area contributed by atoms with Crippen molar-refractivity contribution in [2.24, 2.45) is 0 Å². The Kier molecular flexibility index (Phi) is 5.31. The highest BCUT2D eigenvalue weighted by Gasteiger charge is 2.22. The zero-order chi connectivity index (χ0) is 30.2. The van der Waals surface area contributed by atoms with E-state index in [2.05, 4.69) is 168 Å². The maximum absolute atomic E-state index is 6.44. The van der Waals surface area contributed by atoms with Crippen LogP contribution in [0.5, 0.6) is 11.5 Å². The van der Waals surface area contributed by atoms with Crippen LogP contribution in [0.25, 0.3) is 82.4 Å². The van der Waals surface area contributed by atoms with Crippen LogP contribution in [0.4, 0.5) is 0 Å². The number of ether oxygens (including phenoxy) is 1. The van der Waals surface area contributed by atoms with Crippen LogP contribution in [-0.2, 0) is 0 Å². The lowest BCUT2D eigenvalue weighted by Crippen LogP contribution is -1.97. The molecule has 1 aliphatic heterocycles. The number of para-hydroxylation sites is 1. The van der Waals surface area contributed by atoms with Gasteiger partial charge in [-0.2, -0.15) is 0 Å². The van der Waals surface area contributed by atoms with E-state index in [0.29, 0.717) is 0 Å². The minimum Gasteiger partial charge on any atom is -0.456 e. The average molecular weight is 586 g/mol. The SMILES string of the molecule is c1ccc(-n2c3cc4ccccc4cc3c3c(-c4ccccc4-c4ccc5c(c4)-c4cccc6cccc(c46)O5)cccc32)cc1. The minimum absolute atomic E-state index is 0.896. The number of aromatic nitrogens is 1. The third-order valence-corrected chi connectivity index (χ3v) is 9.56. The minimum atomic E-state index is 0.896. The van der Waals surface area contributed by atoms with Crippen LogP contribution in [0, 0.1) is 0 Å². The summed E-state index contributed by atoms with van der Waals surface area (Å²) in [7, 11) is 0. The molecule has 0 bridgehead atoms. The van der Waals surface area contributed by atoms with Gasteiger partial charge in [-0.3, -0.25) is 0 Å². The van der Waals surface area contributed by atoms with Gasteiger partial charge in [0.2, 0.25) is 0 Å². The van der Waals surface area contributed by atoms with Crippen LogP contribution in [-0.4, -0.2) is 4.57 Å². The van der Waals surface area contributed by atoms with Crippen LogP contribution < -0.4 is 4.74 Å². The topological polar surface area (TPSA) is 14.2 Å². The number of fused-ring (bicyclic) bond motifs is 6. The molecule has 0 aliphatic carbocycles. The van der Waals surface area contributed by atoms with Gasteiger partial charge in [-0.25, -0.2) is 0 Å². The summed E-state index contributed by atoms with van der Waals surface area (Å²) >= 11 is 0. The van der Waals surface area contributed by atoms with E-state index < -0.39 is 0 Å². The van der Waals surface area contributed by atoms with Gasteiger partial charge in [-0.05, 0) is 92.5 Å². The Labute approximate surface area is 266 Å². The van der Waals surface area contributed by atoms with Gasteiger partial charge in [0.25, 0.3) is 0 Å². The fraction of sp³-hybridized carbons (Fsp3) is 0. The molecule has 0 atom stereocenters. The van der Waals surface area contributed by atoms with Crippen molar-refractivity contribution in [2.75, 3.05) is 0 Å². The van der Waals surface area contributed by atoms with Crippen LogP contribution in [0.3, 0.4) is 0 Å². The molecule has 0 N–H and O–H groups in total. The smallest absolute Gasteiger partial charge is 0.135 e. The van der Waals surface area contributed by atoms with Gasteiger partial charge < -0.3 is 9.30 Å². The van der Waals surface area contributed by atoms with E-state index in [0.717, 1.165) is 22.7 Å². The van der Waals surface area contributed by atoms with E-state index in [9.17, 15) is 0 Å². The van der Waals surface area contributed by atoms with Crippen molar-refractivity contribution in [1.82, 2.24) is 4.57 Å². The number of nitrogens with zero attached hydrogens (tertiary/aromatic N) is 1. The molecule has 1 aliphatic rings. The highest BCUT2D eigenvalue weighted by molar-refractivity contribution is 6.19. The molecule has 2 heterocycles. The fourth-order valence-electron chi connectivity index (χ4n) is 7.53. The quantitative estimate of drug-likeness (QED) is 0.201. The van der Waals surface area contributed by atoms with Crippen molar-refractivity contribution in [3.63, 3.8) is 0 Å². The first kappa shape index (κ1) is 25.2. The summed E-state index contributed by atoms with van der Waals surface area (Å²) in [5.41, 5.74) is 10.7. The maximum atomic E-state index is 6.44. The first-order valence-corrected chi connectivity index (χ1v) is 15.8. The number of rotatable bonds is 3. The van der Waals surface area contributed by atoms with Crippen LogP contribution in [0.1, 0.15) is 0 Å². The average Bonchev–Trinajstić information content (AvgIpc) is 3.44. The molecular formula is C44H27NO. The van der Waals surface area contributed by atoms with Gasteiger partial charge in [0.05, 0.1) is 11.0 Å². The fourth-order valence-corrected chi connectivity index (χ4v) is 7.53. The lowest BCUT2D eigenvalue weighted by atomic mass is 9.89. The van der Waals surface area contributed by atoms with E-state index in [1.165, 1.54) is 71.2 Å². The Morgan fingerprint density at radius 3 is 1.87 bits per heavy atom. The van der Waals surface area contributed by atoms with Gasteiger partial charge in [-0.15, -0.1) is 0 Å². The van der Waals surface area contributed by atoms with E-state index in [1.807, 2.05) is 0 Å². The molecule has 10 rings (SSSR count). The molecule has 214 valence electrons. The molecule has 46 heavy (non-hydrogen) atoms. The summed E-state index contributed by atoms with van der Waals surface area (Å²) in [5.74, 6) is 1.81. The van der Waals surface area contributed by atoms with Gasteiger partial charge in [0.15, 0.2) is 0 Å². The zero-order valence-electron chi connectivity index (χ0n) is 24.9. The standard InChI is InChI=1S/C44H27NO/c1-2-15-32(16-3-1)45-39-21-10-20-35(44(39)38-25-29-11-4-5-12-30(29)27-40(38)45)34-18-7-6-17-33(34)31-23-24-41-37(26-31)36-19-8-13-28-14-9-22-42(46-41)43(28)36/h1-27H. The Balaban J connectivity index is 1.24. The van der Waals surface area contributed by atoms with Gasteiger partial charge in [0.1, 0.15) is 11.5 Å². The Hall–Kier alpha value is -6.12. The molecule has 0 radical (unpaired) electrons. The summed E-state index contributed by atoms with van der Waals surface area (Å²) in [6, 6.07) is 59.1. The normalized spacial score (nSPS) is 12.1. The van der Waals surface area contributed by atoms with Gasteiger partial charge >= 0.3 is 0 Å². The summed E-state index contributed by atoms with van der Waals surface area (Å²) < 4.78 is 8.85. The maximum Gasteiger partial charge on any atom is 0.135 e. The zero-order valence-corrected chi connectivity index (χ0v) is 24.9. The lowest BCUT2D eigenvalue weighted by molar-refractivity contribution is 0.487. The van der Waals surface area contributed by atoms with Crippen LogP contribution in [0.2, 0.25) is 0 Å². The molecule has 0 saturated carbocycles. The predicted molar refractivity (Wildman–Crippen MR) is 192 cm³/mol. The summed E-state index contributed by atoms with van der Waals surface area (Å²) in [6.07, 6.45) is 0. The van der Waals surface area contributed by atoms with Crippen molar-refractivity contribution < 1.29 is 4.74 Å². The van der Waals surface area contributed by atoms with Crippen LogP contribution in [0.15, 0.2) is 164 Å². The molecule has 0 saturated heterocycles. The molecule has 8 aromatic carbocycles. The molecule has 0 amide bonds. The second-order valence-corrected chi connectivity index (χ2v) is 12.1. The molecular weight excluding hydrogens is 558 g/mol. The summed E-state index contributed by atoms with van der Waals surface area (Å²) in [4.78, 5) is 0. The second-order valence-electron chi connectivity index (χ2n) is 12.1. The molecule has 0 spiro atoms. The Morgan fingerprint density at radius 2 is 1.02 bits per heavy atom. The third-order valence-electron chi connectivity index (χ3n) is 9.56. The van der Waals surface area contributed by atoms with Crippen LogP contribution >= 0.6 is 0 Å². The van der Waals surface area contributed by atoms with E-state index >= 15 is 0 Å². The highest BCUT2D eigenvalue weighted by Crippen LogP contribution is 2.49. The van der Waals surface area contributed by atoms with E-state index in [-0.39, 0.29) is 0 Å². The summed E-state index contributed by atoms with van der Waals surface area (Å²) in [5, 5.41) is 7.37. The predicted octanol–water partition coefficient (Wildman–Crippen LogP) is 12.2. The van der Waals surface area contributed by atoms with E-state index in [4.69, 9.17) is 4.74 Å². The number of hydrogen-bond acceptors (Lipinski definition) is 1. The molecule has 1 aromatic heterocycles. The van der Waals surface area contributed by atoms with Crippen molar-refractivity contribution in [3.05, 3.63) is 164 Å². The van der Waals surface area contributed by atoms with Crippen molar-refractivity contribution in [3.8, 4) is 50.6 Å². The highest BCUT2D eigenvalue weighted by atomic mass is 16.5. The van der Waals surface area contributed by atoms with E-state index in [1.54, 1.807) is 0 Å². The molecule has 2 nitrogen and oxygen atoms in total. The molecule has 0 unspecified atom stereocenters.